The highest BCUT2D eigenvalue weighted by Gasteiger charge is 2.30. The molecule has 2 nitrogen and oxygen atoms in total. The lowest BCUT2D eigenvalue weighted by atomic mass is 10.0. The first kappa shape index (κ1) is 14.5. The van der Waals surface area contributed by atoms with E-state index < -0.39 is 0 Å². The van der Waals surface area contributed by atoms with Crippen molar-refractivity contribution in [3.05, 3.63) is 34.9 Å². The van der Waals surface area contributed by atoms with Crippen molar-refractivity contribution < 1.29 is 5.11 Å². The molecule has 0 spiro atoms. The Hall–Kier alpha value is -0.860. The molecule has 1 N–H and O–H groups in total. The van der Waals surface area contributed by atoms with Crippen molar-refractivity contribution in [2.75, 3.05) is 13.1 Å². The molecule has 0 aromatic heterocycles. The van der Waals surface area contributed by atoms with Gasteiger partial charge in [-0.2, -0.15) is 0 Å². The third-order valence-corrected chi connectivity index (χ3v) is 3.70. The summed E-state index contributed by atoms with van der Waals surface area (Å²) in [4.78, 5) is 2.47. The van der Waals surface area contributed by atoms with Gasteiger partial charge in [-0.3, -0.25) is 4.90 Å². The summed E-state index contributed by atoms with van der Waals surface area (Å²) in [5.41, 5.74) is 3.53. The Morgan fingerprint density at radius 1 is 1.11 bits per heavy atom. The Morgan fingerprint density at radius 2 is 1.68 bits per heavy atom. The highest BCUT2D eigenvalue weighted by molar-refractivity contribution is 5.30. The molecule has 1 aromatic rings. The van der Waals surface area contributed by atoms with E-state index in [9.17, 15) is 5.11 Å². The molecule has 2 rings (SSSR count). The van der Waals surface area contributed by atoms with Crippen LogP contribution in [0, 0.1) is 19.8 Å². The minimum Gasteiger partial charge on any atom is -0.387 e. The van der Waals surface area contributed by atoms with E-state index >= 15 is 0 Å². The SMILES string of the molecule is Cc1cc(C)cc(C(O)CN(CC(C)C)C2CC2)c1. The minimum absolute atomic E-state index is 0.363. The highest BCUT2D eigenvalue weighted by Crippen LogP contribution is 2.29. The Bertz CT molecular complexity index is 403. The average Bonchev–Trinajstić information content (AvgIpc) is 3.09. The second-order valence-corrected chi connectivity index (χ2v) is 6.52. The molecular formula is C17H27NO. The van der Waals surface area contributed by atoms with Gasteiger partial charge < -0.3 is 5.11 Å². The molecule has 1 aliphatic carbocycles. The van der Waals surface area contributed by atoms with E-state index in [1.807, 2.05) is 0 Å². The third-order valence-electron chi connectivity index (χ3n) is 3.70. The van der Waals surface area contributed by atoms with Crippen molar-refractivity contribution >= 4 is 0 Å². The number of benzene rings is 1. The Balaban J connectivity index is 2.03. The zero-order chi connectivity index (χ0) is 14.0. The van der Waals surface area contributed by atoms with Gasteiger partial charge in [-0.05, 0) is 38.2 Å². The highest BCUT2D eigenvalue weighted by atomic mass is 16.3. The third kappa shape index (κ3) is 4.32. The molecule has 0 aliphatic heterocycles. The number of aliphatic hydroxyl groups excluding tert-OH is 1. The molecule has 2 heteroatoms. The average molecular weight is 261 g/mol. The van der Waals surface area contributed by atoms with Crippen LogP contribution in [0.25, 0.3) is 0 Å². The van der Waals surface area contributed by atoms with Crippen LogP contribution in [0.5, 0.6) is 0 Å². The van der Waals surface area contributed by atoms with E-state index in [1.165, 1.54) is 24.0 Å². The second-order valence-electron chi connectivity index (χ2n) is 6.52. The molecule has 106 valence electrons. The van der Waals surface area contributed by atoms with Crippen LogP contribution in [0.15, 0.2) is 18.2 Å². The van der Waals surface area contributed by atoms with Crippen LogP contribution in [0.2, 0.25) is 0 Å². The molecule has 19 heavy (non-hydrogen) atoms. The maximum atomic E-state index is 10.5. The molecule has 0 bridgehead atoms. The van der Waals surface area contributed by atoms with Gasteiger partial charge in [-0.1, -0.05) is 43.2 Å². The van der Waals surface area contributed by atoms with E-state index in [0.717, 1.165) is 18.7 Å². The summed E-state index contributed by atoms with van der Waals surface area (Å²) in [5, 5.41) is 10.5. The van der Waals surface area contributed by atoms with Crippen LogP contribution >= 0.6 is 0 Å². The van der Waals surface area contributed by atoms with E-state index in [4.69, 9.17) is 0 Å². The Kier molecular flexibility index (Phi) is 4.64. The summed E-state index contributed by atoms with van der Waals surface area (Å²) < 4.78 is 0. The molecule has 1 atom stereocenters. The zero-order valence-corrected chi connectivity index (χ0v) is 12.7. The van der Waals surface area contributed by atoms with Crippen molar-refractivity contribution in [3.8, 4) is 0 Å². The molecule has 0 saturated heterocycles. The van der Waals surface area contributed by atoms with Crippen molar-refractivity contribution in [2.24, 2.45) is 5.92 Å². The normalized spacial score (nSPS) is 17.2. The van der Waals surface area contributed by atoms with Crippen LogP contribution in [0.1, 0.15) is 49.5 Å². The quantitative estimate of drug-likeness (QED) is 0.847. The van der Waals surface area contributed by atoms with Crippen molar-refractivity contribution in [1.29, 1.82) is 0 Å². The molecule has 0 heterocycles. The number of aryl methyl sites for hydroxylation is 2. The predicted molar refractivity (Wildman–Crippen MR) is 80.3 cm³/mol. The number of aliphatic hydroxyl groups is 1. The summed E-state index contributed by atoms with van der Waals surface area (Å²) in [6.07, 6.45) is 2.23. The van der Waals surface area contributed by atoms with Crippen LogP contribution in [0.4, 0.5) is 0 Å². The van der Waals surface area contributed by atoms with Crippen LogP contribution in [-0.2, 0) is 0 Å². The summed E-state index contributed by atoms with van der Waals surface area (Å²) in [5.74, 6) is 0.659. The number of hydrogen-bond acceptors (Lipinski definition) is 2. The summed E-state index contributed by atoms with van der Waals surface area (Å²) >= 11 is 0. The molecule has 1 unspecified atom stereocenters. The fourth-order valence-electron chi connectivity index (χ4n) is 2.81. The smallest absolute Gasteiger partial charge is 0.0917 e. The van der Waals surface area contributed by atoms with Crippen molar-refractivity contribution in [1.82, 2.24) is 4.90 Å². The maximum absolute atomic E-state index is 10.5. The lowest BCUT2D eigenvalue weighted by Crippen LogP contribution is -2.34. The van der Waals surface area contributed by atoms with E-state index in [2.05, 4.69) is 50.8 Å². The Morgan fingerprint density at radius 3 is 2.16 bits per heavy atom. The predicted octanol–water partition coefficient (Wildman–Crippen LogP) is 3.46. The second kappa shape index (κ2) is 6.06. The van der Waals surface area contributed by atoms with Crippen LogP contribution in [-0.4, -0.2) is 29.1 Å². The van der Waals surface area contributed by atoms with Crippen molar-refractivity contribution in [3.63, 3.8) is 0 Å². The number of nitrogens with zero attached hydrogens (tertiary/aromatic N) is 1. The number of rotatable bonds is 6. The van der Waals surface area contributed by atoms with Gasteiger partial charge in [0.1, 0.15) is 0 Å². The summed E-state index contributed by atoms with van der Waals surface area (Å²) in [7, 11) is 0. The minimum atomic E-state index is -0.363. The molecule has 1 aliphatic rings. The van der Waals surface area contributed by atoms with Crippen LogP contribution < -0.4 is 0 Å². The van der Waals surface area contributed by atoms with Gasteiger partial charge in [0.15, 0.2) is 0 Å². The largest absolute Gasteiger partial charge is 0.387 e. The van der Waals surface area contributed by atoms with Gasteiger partial charge in [0, 0.05) is 19.1 Å². The van der Waals surface area contributed by atoms with Gasteiger partial charge >= 0.3 is 0 Å². The standard InChI is InChI=1S/C17H27NO/c1-12(2)10-18(16-5-6-16)11-17(19)15-8-13(3)7-14(4)9-15/h7-9,12,16-17,19H,5-6,10-11H2,1-4H3. The first-order valence-corrected chi connectivity index (χ1v) is 7.46. The van der Waals surface area contributed by atoms with Gasteiger partial charge in [0.2, 0.25) is 0 Å². The fraction of sp³-hybridized carbons (Fsp3) is 0.647. The molecule has 1 saturated carbocycles. The number of hydrogen-bond donors (Lipinski definition) is 1. The van der Waals surface area contributed by atoms with Crippen molar-refractivity contribution in [2.45, 2.75) is 52.7 Å². The van der Waals surface area contributed by atoms with Crippen LogP contribution in [0.3, 0.4) is 0 Å². The lowest BCUT2D eigenvalue weighted by molar-refractivity contribution is 0.101. The van der Waals surface area contributed by atoms with Gasteiger partial charge in [0.05, 0.1) is 6.10 Å². The molecule has 1 fully saturated rings. The summed E-state index contributed by atoms with van der Waals surface area (Å²) in [6, 6.07) is 7.09. The van der Waals surface area contributed by atoms with Gasteiger partial charge in [-0.15, -0.1) is 0 Å². The van der Waals surface area contributed by atoms with Gasteiger partial charge in [0.25, 0.3) is 0 Å². The molecule has 1 aromatic carbocycles. The first-order chi connectivity index (χ1) is 8.95. The molecule has 0 radical (unpaired) electrons. The zero-order valence-electron chi connectivity index (χ0n) is 12.7. The maximum Gasteiger partial charge on any atom is 0.0917 e. The van der Waals surface area contributed by atoms with Gasteiger partial charge in [-0.25, -0.2) is 0 Å². The Labute approximate surface area is 117 Å². The molecule has 0 amide bonds. The monoisotopic (exact) mass is 261 g/mol. The topological polar surface area (TPSA) is 23.5 Å². The van der Waals surface area contributed by atoms with E-state index in [1.54, 1.807) is 0 Å². The van der Waals surface area contributed by atoms with E-state index in [-0.39, 0.29) is 6.10 Å². The molecular weight excluding hydrogens is 234 g/mol. The lowest BCUT2D eigenvalue weighted by Gasteiger charge is -2.27. The fourth-order valence-corrected chi connectivity index (χ4v) is 2.81. The first-order valence-electron chi connectivity index (χ1n) is 7.46. The summed E-state index contributed by atoms with van der Waals surface area (Å²) in [6.45, 7) is 10.5. The van der Waals surface area contributed by atoms with E-state index in [0.29, 0.717) is 12.0 Å².